The summed E-state index contributed by atoms with van der Waals surface area (Å²) in [6.07, 6.45) is -0.691. The molecule has 2 rings (SSSR count). The van der Waals surface area contributed by atoms with Crippen molar-refractivity contribution in [3.05, 3.63) is 63.4 Å². The lowest BCUT2D eigenvalue weighted by Gasteiger charge is -2.14. The third-order valence-electron chi connectivity index (χ3n) is 2.99. The number of rotatable bonds is 4. The predicted molar refractivity (Wildman–Crippen MR) is 80.2 cm³/mol. The van der Waals surface area contributed by atoms with Crippen molar-refractivity contribution >= 4 is 15.9 Å². The van der Waals surface area contributed by atoms with E-state index in [-0.39, 0.29) is 12.2 Å². The van der Waals surface area contributed by atoms with Crippen LogP contribution in [0.5, 0.6) is 5.75 Å². The molecular formula is C16H13BrFNO2. The van der Waals surface area contributed by atoms with Gasteiger partial charge in [0.25, 0.3) is 0 Å². The molecule has 0 aliphatic carbocycles. The summed E-state index contributed by atoms with van der Waals surface area (Å²) in [7, 11) is 0. The summed E-state index contributed by atoms with van der Waals surface area (Å²) in [5.41, 5.74) is 1.25. The number of halogens is 2. The molecule has 108 valence electrons. The zero-order valence-corrected chi connectivity index (χ0v) is 12.9. The fourth-order valence-corrected chi connectivity index (χ4v) is 2.25. The van der Waals surface area contributed by atoms with Gasteiger partial charge in [-0.05, 0) is 37.3 Å². The van der Waals surface area contributed by atoms with Gasteiger partial charge < -0.3 is 9.84 Å². The van der Waals surface area contributed by atoms with Crippen LogP contribution in [0.1, 0.15) is 29.7 Å². The second-order valence-electron chi connectivity index (χ2n) is 4.56. The van der Waals surface area contributed by atoms with Gasteiger partial charge in [-0.2, -0.15) is 5.26 Å². The molecule has 0 amide bonds. The molecule has 0 saturated carbocycles. The average Bonchev–Trinajstić information content (AvgIpc) is 2.46. The highest BCUT2D eigenvalue weighted by atomic mass is 79.9. The molecule has 3 nitrogen and oxygen atoms in total. The number of hydrogen-bond donors (Lipinski definition) is 1. The second kappa shape index (κ2) is 6.70. The van der Waals surface area contributed by atoms with Crippen LogP contribution in [0.4, 0.5) is 4.39 Å². The fraction of sp³-hybridized carbons (Fsp3) is 0.188. The average molecular weight is 350 g/mol. The Morgan fingerprint density at radius 2 is 2.10 bits per heavy atom. The van der Waals surface area contributed by atoms with E-state index in [1.807, 2.05) is 6.07 Å². The van der Waals surface area contributed by atoms with Crippen LogP contribution in [0.3, 0.4) is 0 Å². The maximum atomic E-state index is 13.8. The largest absolute Gasteiger partial charge is 0.488 e. The minimum Gasteiger partial charge on any atom is -0.488 e. The van der Waals surface area contributed by atoms with E-state index in [2.05, 4.69) is 15.9 Å². The summed E-state index contributed by atoms with van der Waals surface area (Å²) in [6, 6.07) is 11.4. The van der Waals surface area contributed by atoms with Crippen LogP contribution in [0.25, 0.3) is 0 Å². The van der Waals surface area contributed by atoms with Gasteiger partial charge in [-0.25, -0.2) is 4.39 Å². The van der Waals surface area contributed by atoms with Gasteiger partial charge in [0.2, 0.25) is 0 Å². The van der Waals surface area contributed by atoms with E-state index in [0.717, 1.165) is 4.47 Å². The molecule has 2 aromatic rings. The number of hydrogen-bond acceptors (Lipinski definition) is 3. The molecule has 0 bridgehead atoms. The first kappa shape index (κ1) is 15.5. The van der Waals surface area contributed by atoms with Gasteiger partial charge in [0.15, 0.2) is 0 Å². The molecule has 0 fully saturated rings. The minimum absolute atomic E-state index is 0.0267. The van der Waals surface area contributed by atoms with Crippen molar-refractivity contribution in [3.63, 3.8) is 0 Å². The van der Waals surface area contributed by atoms with Crippen LogP contribution in [-0.2, 0) is 6.61 Å². The molecule has 2 aromatic carbocycles. The van der Waals surface area contributed by atoms with Gasteiger partial charge in [-0.3, -0.25) is 0 Å². The molecule has 0 aromatic heterocycles. The fourth-order valence-electron chi connectivity index (χ4n) is 1.87. The normalized spacial score (nSPS) is 11.8. The zero-order valence-electron chi connectivity index (χ0n) is 11.3. The third-order valence-corrected chi connectivity index (χ3v) is 3.48. The first-order valence-corrected chi connectivity index (χ1v) is 7.09. The number of aliphatic hydroxyl groups excluding tert-OH is 1. The van der Waals surface area contributed by atoms with Gasteiger partial charge in [0.1, 0.15) is 18.2 Å². The Labute approximate surface area is 130 Å². The number of nitriles is 1. The summed E-state index contributed by atoms with van der Waals surface area (Å²) in [4.78, 5) is 0. The van der Waals surface area contributed by atoms with Crippen molar-refractivity contribution in [3.8, 4) is 11.8 Å². The van der Waals surface area contributed by atoms with E-state index in [0.29, 0.717) is 16.9 Å². The second-order valence-corrected chi connectivity index (χ2v) is 5.48. The van der Waals surface area contributed by atoms with E-state index in [9.17, 15) is 9.50 Å². The predicted octanol–water partition coefficient (Wildman–Crippen LogP) is 4.09. The molecule has 1 atom stereocenters. The van der Waals surface area contributed by atoms with E-state index >= 15 is 0 Å². The Morgan fingerprint density at radius 1 is 1.33 bits per heavy atom. The number of benzene rings is 2. The maximum absolute atomic E-state index is 13.8. The SMILES string of the molecule is CC(O)c1cc(Br)ccc1OCc1ccc(C#N)cc1F. The van der Waals surface area contributed by atoms with Crippen molar-refractivity contribution in [2.45, 2.75) is 19.6 Å². The van der Waals surface area contributed by atoms with Gasteiger partial charge in [0, 0.05) is 15.6 Å². The zero-order chi connectivity index (χ0) is 15.4. The molecule has 0 radical (unpaired) electrons. The molecule has 0 saturated heterocycles. The third kappa shape index (κ3) is 3.81. The molecule has 0 heterocycles. The van der Waals surface area contributed by atoms with Crippen molar-refractivity contribution < 1.29 is 14.2 Å². The van der Waals surface area contributed by atoms with Crippen LogP contribution in [-0.4, -0.2) is 5.11 Å². The minimum atomic E-state index is -0.691. The van der Waals surface area contributed by atoms with Crippen LogP contribution in [0, 0.1) is 17.1 Å². The van der Waals surface area contributed by atoms with Gasteiger partial charge in [-0.15, -0.1) is 0 Å². The van der Waals surface area contributed by atoms with Crippen molar-refractivity contribution in [1.82, 2.24) is 0 Å². The number of ether oxygens (including phenoxy) is 1. The Kier molecular flexibility index (Phi) is 4.94. The van der Waals surface area contributed by atoms with Crippen LogP contribution in [0.15, 0.2) is 40.9 Å². The Morgan fingerprint density at radius 3 is 2.71 bits per heavy atom. The van der Waals surface area contributed by atoms with E-state index in [4.69, 9.17) is 10.00 Å². The lowest BCUT2D eigenvalue weighted by molar-refractivity contribution is 0.189. The molecule has 0 spiro atoms. The quantitative estimate of drug-likeness (QED) is 0.904. The van der Waals surface area contributed by atoms with Crippen LogP contribution < -0.4 is 4.74 Å². The molecular weight excluding hydrogens is 337 g/mol. The first-order chi connectivity index (χ1) is 10.0. The first-order valence-electron chi connectivity index (χ1n) is 6.30. The highest BCUT2D eigenvalue weighted by Gasteiger charge is 2.11. The van der Waals surface area contributed by atoms with E-state index < -0.39 is 11.9 Å². The number of nitrogens with zero attached hydrogens (tertiary/aromatic N) is 1. The van der Waals surface area contributed by atoms with E-state index in [1.165, 1.54) is 12.1 Å². The van der Waals surface area contributed by atoms with Gasteiger partial charge in [-0.1, -0.05) is 22.0 Å². The smallest absolute Gasteiger partial charge is 0.131 e. The molecule has 0 aliphatic heterocycles. The summed E-state index contributed by atoms with van der Waals surface area (Å²) >= 11 is 3.33. The summed E-state index contributed by atoms with van der Waals surface area (Å²) in [6.45, 7) is 1.66. The molecule has 1 N–H and O–H groups in total. The van der Waals surface area contributed by atoms with Crippen molar-refractivity contribution in [2.75, 3.05) is 0 Å². The lowest BCUT2D eigenvalue weighted by Crippen LogP contribution is -2.03. The van der Waals surface area contributed by atoms with Gasteiger partial charge in [0.05, 0.1) is 17.7 Å². The highest BCUT2D eigenvalue weighted by Crippen LogP contribution is 2.29. The molecule has 1 unspecified atom stereocenters. The molecule has 21 heavy (non-hydrogen) atoms. The van der Waals surface area contributed by atoms with Crippen molar-refractivity contribution in [1.29, 1.82) is 5.26 Å². The monoisotopic (exact) mass is 349 g/mol. The van der Waals surface area contributed by atoms with Gasteiger partial charge >= 0.3 is 0 Å². The Balaban J connectivity index is 2.19. The van der Waals surface area contributed by atoms with Crippen LogP contribution >= 0.6 is 15.9 Å². The van der Waals surface area contributed by atoms with Crippen LogP contribution in [0.2, 0.25) is 0 Å². The molecule has 0 aliphatic rings. The number of aliphatic hydroxyl groups is 1. The highest BCUT2D eigenvalue weighted by molar-refractivity contribution is 9.10. The van der Waals surface area contributed by atoms with Crippen molar-refractivity contribution in [2.24, 2.45) is 0 Å². The Hall–Kier alpha value is -1.90. The molecule has 5 heteroatoms. The maximum Gasteiger partial charge on any atom is 0.131 e. The van der Waals surface area contributed by atoms with E-state index in [1.54, 1.807) is 31.2 Å². The summed E-state index contributed by atoms with van der Waals surface area (Å²) < 4.78 is 20.2. The Bertz CT molecular complexity index is 695. The standard InChI is InChI=1S/C16H13BrFNO2/c1-10(20)14-7-13(17)4-5-16(14)21-9-12-3-2-11(8-19)6-15(12)18/h2-7,10,20H,9H2,1H3. The summed E-state index contributed by atoms with van der Waals surface area (Å²) in [5.74, 6) is 0.0155. The lowest BCUT2D eigenvalue weighted by atomic mass is 10.1. The summed E-state index contributed by atoms with van der Waals surface area (Å²) in [5, 5.41) is 18.4. The topological polar surface area (TPSA) is 53.2 Å².